The topological polar surface area (TPSA) is 41.9 Å². The van der Waals surface area contributed by atoms with Crippen molar-refractivity contribution in [2.75, 3.05) is 10.6 Å². The van der Waals surface area contributed by atoms with Gasteiger partial charge in [0.2, 0.25) is 0 Å². The predicted molar refractivity (Wildman–Crippen MR) is 74.1 cm³/mol. The van der Waals surface area contributed by atoms with Crippen molar-refractivity contribution in [2.45, 2.75) is 6.92 Å². The molecule has 2 N–H and O–H groups in total. The van der Waals surface area contributed by atoms with E-state index in [1.165, 1.54) is 6.07 Å². The molecule has 0 unspecified atom stereocenters. The van der Waals surface area contributed by atoms with E-state index in [1.54, 1.807) is 17.9 Å². The molecule has 0 saturated carbocycles. The Labute approximate surface area is 114 Å². The summed E-state index contributed by atoms with van der Waals surface area (Å²) in [6.45, 7) is 1.82. The number of nitrogens with one attached hydrogen (secondary N) is 2. The van der Waals surface area contributed by atoms with Gasteiger partial charge >= 0.3 is 0 Å². The van der Waals surface area contributed by atoms with Crippen LogP contribution in [0.3, 0.4) is 0 Å². The average molecular weight is 282 g/mol. The molecule has 0 bridgehead atoms. The Balaban J connectivity index is 2.07. The summed E-state index contributed by atoms with van der Waals surface area (Å²) in [7, 11) is 1.79. The molecule has 2 aromatic rings. The van der Waals surface area contributed by atoms with Crippen LogP contribution in [0.2, 0.25) is 0 Å². The Morgan fingerprint density at radius 3 is 2.53 bits per heavy atom. The highest BCUT2D eigenvalue weighted by Gasteiger charge is 2.08. The maximum absolute atomic E-state index is 13.4. The normalized spacial score (nSPS) is 10.3. The van der Waals surface area contributed by atoms with Crippen molar-refractivity contribution < 1.29 is 8.78 Å². The van der Waals surface area contributed by atoms with Gasteiger partial charge in [-0.25, -0.2) is 8.78 Å². The number of thiocarbonyl (C=S) groups is 1. The SMILES string of the molecule is Cc1nn(C)cc1NC(=S)Nc1ccc(F)cc1F. The van der Waals surface area contributed by atoms with Crippen molar-refractivity contribution in [1.29, 1.82) is 0 Å². The van der Waals surface area contributed by atoms with Gasteiger partial charge in [-0.1, -0.05) is 0 Å². The molecule has 7 heteroatoms. The second-order valence-electron chi connectivity index (χ2n) is 4.01. The van der Waals surface area contributed by atoms with Crippen molar-refractivity contribution in [3.05, 3.63) is 41.7 Å². The van der Waals surface area contributed by atoms with Crippen molar-refractivity contribution in [2.24, 2.45) is 7.05 Å². The smallest absolute Gasteiger partial charge is 0.175 e. The van der Waals surface area contributed by atoms with Crippen molar-refractivity contribution in [1.82, 2.24) is 9.78 Å². The first-order chi connectivity index (χ1) is 8.95. The van der Waals surface area contributed by atoms with Crippen LogP contribution in [0.1, 0.15) is 5.69 Å². The molecule has 1 heterocycles. The molecule has 0 radical (unpaired) electrons. The largest absolute Gasteiger partial charge is 0.330 e. The molecule has 0 aliphatic carbocycles. The third-order valence-corrected chi connectivity index (χ3v) is 2.65. The molecular formula is C12H12F2N4S. The summed E-state index contributed by atoms with van der Waals surface area (Å²) in [6, 6.07) is 3.23. The number of hydrogen-bond donors (Lipinski definition) is 2. The Morgan fingerprint density at radius 2 is 1.95 bits per heavy atom. The first-order valence-corrected chi connectivity index (χ1v) is 5.90. The second kappa shape index (κ2) is 5.31. The van der Waals surface area contributed by atoms with Gasteiger partial charge in [-0.05, 0) is 31.3 Å². The van der Waals surface area contributed by atoms with E-state index in [0.717, 1.165) is 23.5 Å². The van der Waals surface area contributed by atoms with Gasteiger partial charge in [0.25, 0.3) is 0 Å². The van der Waals surface area contributed by atoms with Crippen LogP contribution in [0.15, 0.2) is 24.4 Å². The molecule has 100 valence electrons. The van der Waals surface area contributed by atoms with Crippen molar-refractivity contribution in [3.8, 4) is 0 Å². The highest BCUT2D eigenvalue weighted by atomic mass is 32.1. The Bertz CT molecular complexity index is 624. The molecule has 4 nitrogen and oxygen atoms in total. The summed E-state index contributed by atoms with van der Waals surface area (Å²) < 4.78 is 27.8. The highest BCUT2D eigenvalue weighted by Crippen LogP contribution is 2.16. The molecule has 0 fully saturated rings. The molecular weight excluding hydrogens is 270 g/mol. The Hall–Kier alpha value is -2.02. The van der Waals surface area contributed by atoms with E-state index in [-0.39, 0.29) is 10.8 Å². The van der Waals surface area contributed by atoms with Crippen LogP contribution in [0, 0.1) is 18.6 Å². The number of aromatic nitrogens is 2. The molecule has 19 heavy (non-hydrogen) atoms. The average Bonchev–Trinajstić information content (AvgIpc) is 2.61. The second-order valence-corrected chi connectivity index (χ2v) is 4.41. The summed E-state index contributed by atoms with van der Waals surface area (Å²) >= 11 is 5.06. The van der Waals surface area contributed by atoms with E-state index in [0.29, 0.717) is 0 Å². The molecule has 0 saturated heterocycles. The molecule has 1 aromatic heterocycles. The molecule has 0 spiro atoms. The summed E-state index contributed by atoms with van der Waals surface area (Å²) in [6.07, 6.45) is 1.75. The summed E-state index contributed by atoms with van der Waals surface area (Å²) in [4.78, 5) is 0. The monoisotopic (exact) mass is 282 g/mol. The van der Waals surface area contributed by atoms with E-state index in [1.807, 2.05) is 6.92 Å². The lowest BCUT2D eigenvalue weighted by molar-refractivity contribution is 0.586. The van der Waals surface area contributed by atoms with Crippen LogP contribution in [0.5, 0.6) is 0 Å². The van der Waals surface area contributed by atoms with Gasteiger partial charge < -0.3 is 10.6 Å². The van der Waals surface area contributed by atoms with Gasteiger partial charge in [0.15, 0.2) is 5.11 Å². The number of halogens is 2. The highest BCUT2D eigenvalue weighted by molar-refractivity contribution is 7.80. The molecule has 1 aromatic carbocycles. The summed E-state index contributed by atoms with van der Waals surface area (Å²) in [5, 5.41) is 9.92. The van der Waals surface area contributed by atoms with E-state index in [4.69, 9.17) is 12.2 Å². The van der Waals surface area contributed by atoms with Gasteiger partial charge in [-0.3, -0.25) is 4.68 Å². The third-order valence-electron chi connectivity index (χ3n) is 2.44. The van der Waals surface area contributed by atoms with Crippen LogP contribution >= 0.6 is 12.2 Å². The minimum atomic E-state index is -0.702. The van der Waals surface area contributed by atoms with E-state index in [9.17, 15) is 8.78 Å². The standard InChI is InChI=1S/C12H12F2N4S/c1-7-11(6-18(2)17-7)16-12(19)15-10-4-3-8(13)5-9(10)14/h3-6H,1-2H3,(H2,15,16,19). The van der Waals surface area contributed by atoms with Crippen LogP contribution in [-0.2, 0) is 7.05 Å². The molecule has 2 rings (SSSR count). The van der Waals surface area contributed by atoms with Crippen LogP contribution in [0.25, 0.3) is 0 Å². The van der Waals surface area contributed by atoms with E-state index >= 15 is 0 Å². The zero-order valence-electron chi connectivity index (χ0n) is 10.4. The fourth-order valence-electron chi connectivity index (χ4n) is 1.59. The molecule has 0 atom stereocenters. The lowest BCUT2D eigenvalue weighted by atomic mass is 10.3. The molecule has 0 aliphatic rings. The van der Waals surface area contributed by atoms with Crippen LogP contribution < -0.4 is 10.6 Å². The van der Waals surface area contributed by atoms with Gasteiger partial charge in [0.05, 0.1) is 17.1 Å². The Morgan fingerprint density at radius 1 is 1.26 bits per heavy atom. The van der Waals surface area contributed by atoms with Gasteiger partial charge in [0.1, 0.15) is 11.6 Å². The van der Waals surface area contributed by atoms with Gasteiger partial charge in [-0.2, -0.15) is 5.10 Å². The fourth-order valence-corrected chi connectivity index (χ4v) is 1.81. The third kappa shape index (κ3) is 3.25. The lowest BCUT2D eigenvalue weighted by Gasteiger charge is -2.10. The first kappa shape index (κ1) is 13.4. The van der Waals surface area contributed by atoms with Gasteiger partial charge in [0, 0.05) is 19.3 Å². The fraction of sp³-hybridized carbons (Fsp3) is 0.167. The number of benzene rings is 1. The van der Waals surface area contributed by atoms with Crippen LogP contribution in [-0.4, -0.2) is 14.9 Å². The van der Waals surface area contributed by atoms with E-state index in [2.05, 4.69) is 15.7 Å². The number of nitrogens with zero attached hydrogens (tertiary/aromatic N) is 2. The van der Waals surface area contributed by atoms with Crippen molar-refractivity contribution >= 4 is 28.7 Å². The number of anilines is 2. The number of hydrogen-bond acceptors (Lipinski definition) is 2. The number of rotatable bonds is 2. The number of aryl methyl sites for hydroxylation is 2. The van der Waals surface area contributed by atoms with Crippen LogP contribution in [0.4, 0.5) is 20.2 Å². The van der Waals surface area contributed by atoms with Crippen molar-refractivity contribution in [3.63, 3.8) is 0 Å². The minimum Gasteiger partial charge on any atom is -0.330 e. The molecule has 0 aliphatic heterocycles. The zero-order valence-corrected chi connectivity index (χ0v) is 11.2. The van der Waals surface area contributed by atoms with E-state index < -0.39 is 11.6 Å². The van der Waals surface area contributed by atoms with Gasteiger partial charge in [-0.15, -0.1) is 0 Å². The maximum atomic E-state index is 13.4. The summed E-state index contributed by atoms with van der Waals surface area (Å²) in [5.41, 5.74) is 1.61. The summed E-state index contributed by atoms with van der Waals surface area (Å²) in [5.74, 6) is -1.34. The first-order valence-electron chi connectivity index (χ1n) is 5.49. The maximum Gasteiger partial charge on any atom is 0.175 e. The Kier molecular flexibility index (Phi) is 3.75. The lowest BCUT2D eigenvalue weighted by Crippen LogP contribution is -2.20. The quantitative estimate of drug-likeness (QED) is 0.831. The minimum absolute atomic E-state index is 0.112. The molecule has 0 amide bonds. The zero-order chi connectivity index (χ0) is 14.0. The predicted octanol–water partition coefficient (Wildman–Crippen LogP) is 2.82.